The number of unbranched alkanes of at least 4 members (excludes halogenated alkanes) is 6. The number of rotatable bonds is 21. The van der Waals surface area contributed by atoms with Gasteiger partial charge in [-0.1, -0.05) is 81.7 Å². The second-order valence-corrected chi connectivity index (χ2v) is 14.3. The minimum absolute atomic E-state index is 0. The van der Waals surface area contributed by atoms with Crippen LogP contribution in [0, 0.1) is 0 Å². The van der Waals surface area contributed by atoms with Crippen molar-refractivity contribution < 1.29 is 42.6 Å². The molecule has 0 amide bonds. The normalized spacial score (nSPS) is 21.4. The van der Waals surface area contributed by atoms with E-state index in [9.17, 15) is 14.8 Å². The molecular weight excluding hydrogens is 689 g/mol. The molecule has 1 fully saturated rings. The molecule has 0 bridgehead atoms. The topological polar surface area (TPSA) is 183 Å². The molecule has 0 radical (unpaired) electrons. The van der Waals surface area contributed by atoms with E-state index in [2.05, 4.69) is 34.0 Å². The van der Waals surface area contributed by atoms with E-state index < -0.39 is 38.5 Å². The number of nitrogen functional groups attached to an aromatic ring is 1. The zero-order valence-corrected chi connectivity index (χ0v) is 30.5. The van der Waals surface area contributed by atoms with Crippen molar-refractivity contribution in [3.05, 3.63) is 60.9 Å². The summed E-state index contributed by atoms with van der Waals surface area (Å²) in [6.45, 7) is 4.13. The maximum absolute atomic E-state index is 14.2. The molecule has 14 nitrogen and oxygen atoms in total. The summed E-state index contributed by atoms with van der Waals surface area (Å²) in [6.07, 6.45) is 10.5. The Bertz CT molecular complexity index is 1780. The van der Waals surface area contributed by atoms with E-state index >= 15 is 0 Å². The average molecular weight is 744 g/mol. The van der Waals surface area contributed by atoms with Gasteiger partial charge in [-0.2, -0.15) is 9.97 Å². The number of allylic oxidation sites excluding steroid dienone is 2. The van der Waals surface area contributed by atoms with Crippen LogP contribution in [-0.4, -0.2) is 81.1 Å². The third-order valence-corrected chi connectivity index (χ3v) is 10.2. The molecule has 1 saturated heterocycles. The Morgan fingerprint density at radius 3 is 2.52 bits per heavy atom. The Morgan fingerprint density at radius 1 is 1.00 bits per heavy atom. The molecule has 4 N–H and O–H groups in total. The molecule has 52 heavy (non-hydrogen) atoms. The van der Waals surface area contributed by atoms with Gasteiger partial charge in [0.25, 0.3) is 0 Å². The van der Waals surface area contributed by atoms with Crippen molar-refractivity contribution in [2.45, 2.75) is 96.7 Å². The molecule has 3 heterocycles. The van der Waals surface area contributed by atoms with Crippen LogP contribution in [0.15, 0.2) is 60.9 Å². The largest absolute Gasteiger partial charge is 0.530 e. The summed E-state index contributed by atoms with van der Waals surface area (Å²) in [5.74, 6) is 0.378. The smallest absolute Gasteiger partial charge is 0.479 e. The summed E-state index contributed by atoms with van der Waals surface area (Å²) < 4.78 is 50.4. The average Bonchev–Trinajstić information content (AvgIpc) is 3.63. The van der Waals surface area contributed by atoms with Gasteiger partial charge >= 0.3 is 7.82 Å². The monoisotopic (exact) mass is 743 g/mol. The molecule has 5 rings (SSSR count). The minimum atomic E-state index is -4.29. The van der Waals surface area contributed by atoms with Gasteiger partial charge in [0.2, 0.25) is 11.8 Å². The van der Waals surface area contributed by atoms with Gasteiger partial charge in [0, 0.05) is 18.6 Å². The number of aliphatic hydroxyl groups excluding tert-OH is 1. The number of benzene rings is 2. The number of hydrogen-bond acceptors (Lipinski definition) is 13. The molecule has 0 saturated carbocycles. The maximum atomic E-state index is 14.2. The van der Waals surface area contributed by atoms with E-state index in [1.807, 2.05) is 30.3 Å². The van der Waals surface area contributed by atoms with Gasteiger partial charge in [0.1, 0.15) is 23.6 Å². The molecule has 1 aliphatic heterocycles. The van der Waals surface area contributed by atoms with E-state index in [1.165, 1.54) is 50.6 Å². The zero-order valence-electron chi connectivity index (χ0n) is 29.6. The number of ether oxygens (including phenoxy) is 3. The van der Waals surface area contributed by atoms with Gasteiger partial charge in [-0.25, -0.2) is 9.55 Å². The molecule has 2 aromatic heterocycles. The van der Waals surface area contributed by atoms with Crippen molar-refractivity contribution in [2.75, 3.05) is 39.3 Å². The first kappa shape index (κ1) is 41.1. The first-order chi connectivity index (χ1) is 24.7. The van der Waals surface area contributed by atoms with Crippen LogP contribution in [0.2, 0.25) is 0 Å². The Labute approximate surface area is 305 Å². The molecule has 286 valence electrons. The second kappa shape index (κ2) is 19.5. The highest BCUT2D eigenvalue weighted by Gasteiger charge is 2.54. The molecular formula is C37H54N5O9P. The lowest BCUT2D eigenvalue weighted by Crippen LogP contribution is -2.44. The molecule has 2 aromatic carbocycles. The number of nitrogens with zero attached hydrogens (tertiary/aromatic N) is 4. The van der Waals surface area contributed by atoms with Crippen LogP contribution in [0.1, 0.15) is 78.9 Å². The van der Waals surface area contributed by atoms with Crippen molar-refractivity contribution >= 4 is 35.7 Å². The highest BCUT2D eigenvalue weighted by Crippen LogP contribution is 2.52. The van der Waals surface area contributed by atoms with Gasteiger partial charge in [0.05, 0.1) is 26.7 Å². The number of imidazole rings is 1. The van der Waals surface area contributed by atoms with Gasteiger partial charge in [-0.15, -0.1) is 0 Å². The standard InChI is InChI=1S/C36H50N5O9P.CH4/c1-4-5-6-7-8-9-10-11-14-21-46-22-16-23-47-51(44,50-28-20-15-18-26-17-12-13-19-27(26)28)48-24-29-31(42)36(2,43)34(49-29)41-25-38-30-32(41)39-35(37)40-33(30)45-3;/h4-5,12-13,15,17-20,25,29,31,34,42-43H,6-11,14,16,21-24H2,1-3H3,(H2,37,39,40);1H4/b5-4+;/t29-,31-,34?,36-,51?;/m1./s1. The minimum Gasteiger partial charge on any atom is -0.479 e. The van der Waals surface area contributed by atoms with Crippen LogP contribution in [0.25, 0.3) is 21.9 Å². The van der Waals surface area contributed by atoms with Crippen molar-refractivity contribution in [2.24, 2.45) is 0 Å². The highest BCUT2D eigenvalue weighted by atomic mass is 31.2. The van der Waals surface area contributed by atoms with Gasteiger partial charge in [-0.05, 0) is 51.0 Å². The number of nitrogens with two attached hydrogens (primary N) is 1. The quantitative estimate of drug-likeness (QED) is 0.0445. The Hall–Kier alpha value is -3.62. The van der Waals surface area contributed by atoms with E-state index in [-0.39, 0.29) is 37.0 Å². The summed E-state index contributed by atoms with van der Waals surface area (Å²) in [4.78, 5) is 12.6. The van der Waals surface area contributed by atoms with E-state index in [4.69, 9.17) is 33.5 Å². The highest BCUT2D eigenvalue weighted by molar-refractivity contribution is 7.49. The van der Waals surface area contributed by atoms with Crippen molar-refractivity contribution in [3.8, 4) is 11.6 Å². The SMILES string of the molecule is C.C/C=C/CCCCCCCCOCCCOP(=O)(OC[C@H]1OC(n2cnc3c(OC)nc(N)nc32)[C@](C)(O)[C@@H]1O)Oc1cccc2ccccc12. The number of phosphoric acid groups is 1. The molecule has 5 atom stereocenters. The van der Waals surface area contributed by atoms with Crippen LogP contribution < -0.4 is 15.0 Å². The first-order valence-electron chi connectivity index (χ1n) is 17.5. The van der Waals surface area contributed by atoms with Crippen molar-refractivity contribution in [3.63, 3.8) is 0 Å². The fraction of sp³-hybridized carbons (Fsp3) is 0.541. The van der Waals surface area contributed by atoms with Crippen molar-refractivity contribution in [1.29, 1.82) is 0 Å². The number of methoxy groups -OCH3 is 1. The van der Waals surface area contributed by atoms with Crippen LogP contribution in [0.3, 0.4) is 0 Å². The molecule has 2 unspecified atom stereocenters. The Morgan fingerprint density at radius 2 is 1.73 bits per heavy atom. The summed E-state index contributed by atoms with van der Waals surface area (Å²) >= 11 is 0. The first-order valence-corrected chi connectivity index (χ1v) is 19.0. The number of anilines is 1. The van der Waals surface area contributed by atoms with Crippen LogP contribution in [-0.2, 0) is 23.1 Å². The molecule has 1 aliphatic rings. The molecule has 0 aliphatic carbocycles. The maximum Gasteiger partial charge on any atom is 0.530 e. The second-order valence-electron chi connectivity index (χ2n) is 12.7. The third kappa shape index (κ3) is 10.3. The van der Waals surface area contributed by atoms with E-state index in [1.54, 1.807) is 12.1 Å². The Kier molecular flexibility index (Phi) is 15.4. The summed E-state index contributed by atoms with van der Waals surface area (Å²) in [7, 11) is -2.87. The Balaban J connectivity index is 0.00000605. The number of fused-ring (bicyclic) bond motifs is 2. The van der Waals surface area contributed by atoms with Crippen LogP contribution in [0.4, 0.5) is 5.95 Å². The predicted octanol–water partition coefficient (Wildman–Crippen LogP) is 7.15. The molecule has 15 heteroatoms. The third-order valence-electron chi connectivity index (χ3n) is 8.79. The number of hydrogen-bond donors (Lipinski definition) is 3. The van der Waals surface area contributed by atoms with Crippen LogP contribution in [0.5, 0.6) is 11.6 Å². The molecule has 4 aromatic rings. The number of phosphoric ester groups is 1. The number of aliphatic hydroxyl groups is 2. The predicted molar refractivity (Wildman–Crippen MR) is 200 cm³/mol. The zero-order chi connectivity index (χ0) is 36.3. The summed E-state index contributed by atoms with van der Waals surface area (Å²) in [5, 5.41) is 24.2. The number of aromatic nitrogens is 4. The van der Waals surface area contributed by atoms with Crippen molar-refractivity contribution in [1.82, 2.24) is 19.5 Å². The summed E-state index contributed by atoms with van der Waals surface area (Å²) in [5.41, 5.74) is 4.54. The van der Waals surface area contributed by atoms with Gasteiger partial charge < -0.3 is 34.7 Å². The van der Waals surface area contributed by atoms with E-state index in [0.29, 0.717) is 25.4 Å². The fourth-order valence-electron chi connectivity index (χ4n) is 6.03. The lowest BCUT2D eigenvalue weighted by molar-refractivity contribution is -0.0949. The van der Waals surface area contributed by atoms with Crippen LogP contribution >= 0.6 is 7.82 Å². The lowest BCUT2D eigenvalue weighted by Gasteiger charge is -2.27. The summed E-state index contributed by atoms with van der Waals surface area (Å²) in [6, 6.07) is 12.9. The molecule has 0 spiro atoms. The van der Waals surface area contributed by atoms with Gasteiger partial charge in [-0.3, -0.25) is 13.6 Å². The van der Waals surface area contributed by atoms with Gasteiger partial charge in [0.15, 0.2) is 17.4 Å². The lowest BCUT2D eigenvalue weighted by atomic mass is 9.96. The fourth-order valence-corrected chi connectivity index (χ4v) is 7.29. The van der Waals surface area contributed by atoms with E-state index in [0.717, 1.165) is 30.0 Å².